The highest BCUT2D eigenvalue weighted by Gasteiger charge is 2.33. The van der Waals surface area contributed by atoms with Gasteiger partial charge in [-0.25, -0.2) is 9.59 Å². The van der Waals surface area contributed by atoms with Crippen molar-refractivity contribution >= 4 is 17.7 Å². The Balaban J connectivity index is 1.25. The number of carbonyl (C=O) groups is 2. The second-order valence-corrected chi connectivity index (χ2v) is 6.44. The van der Waals surface area contributed by atoms with E-state index in [1.165, 1.54) is 0 Å². The summed E-state index contributed by atoms with van der Waals surface area (Å²) in [6, 6.07) is 0.0317. The molecule has 24 heavy (non-hydrogen) atoms. The highest BCUT2D eigenvalue weighted by atomic mass is 16.5. The first-order chi connectivity index (χ1) is 11.7. The lowest BCUT2D eigenvalue weighted by molar-refractivity contribution is 0.0965. The van der Waals surface area contributed by atoms with Crippen LogP contribution in [0.5, 0.6) is 0 Å². The molecule has 0 aromatic carbocycles. The number of likely N-dealkylation sites (tertiary alicyclic amines) is 1. The molecule has 0 bridgehead atoms. The van der Waals surface area contributed by atoms with Gasteiger partial charge in [0, 0.05) is 45.5 Å². The van der Waals surface area contributed by atoms with Crippen molar-refractivity contribution in [3.63, 3.8) is 0 Å². The van der Waals surface area contributed by atoms with E-state index in [-0.39, 0.29) is 24.2 Å². The number of nitrogens with one attached hydrogen (secondary N) is 2. The van der Waals surface area contributed by atoms with E-state index in [9.17, 15) is 9.59 Å². The van der Waals surface area contributed by atoms with Crippen molar-refractivity contribution in [2.24, 2.45) is 0 Å². The van der Waals surface area contributed by atoms with Gasteiger partial charge in [-0.15, -0.1) is 0 Å². The summed E-state index contributed by atoms with van der Waals surface area (Å²) in [5.41, 5.74) is 0.797. The molecule has 1 unspecified atom stereocenters. The molecule has 3 saturated heterocycles. The van der Waals surface area contributed by atoms with Crippen molar-refractivity contribution in [2.45, 2.75) is 25.0 Å². The normalized spacial score (nSPS) is 24.2. The summed E-state index contributed by atoms with van der Waals surface area (Å²) >= 11 is 0. The van der Waals surface area contributed by atoms with E-state index in [4.69, 9.17) is 4.74 Å². The molecule has 0 saturated carbocycles. The second-order valence-electron chi connectivity index (χ2n) is 6.44. The Bertz CT molecular complexity index is 620. The Hall–Kier alpha value is -2.29. The number of carbonyl (C=O) groups excluding carboxylic acids is 2. The van der Waals surface area contributed by atoms with Gasteiger partial charge in [-0.05, 0) is 12.8 Å². The minimum Gasteiger partial charge on any atom is -0.376 e. The van der Waals surface area contributed by atoms with Crippen LogP contribution in [0, 0.1) is 0 Å². The number of rotatable bonds is 4. The van der Waals surface area contributed by atoms with Crippen LogP contribution in [-0.2, 0) is 4.74 Å². The molecule has 4 heterocycles. The molecule has 130 valence electrons. The van der Waals surface area contributed by atoms with Crippen LogP contribution >= 0.6 is 0 Å². The number of aromatic nitrogens is 2. The lowest BCUT2D eigenvalue weighted by Crippen LogP contribution is -2.55. The van der Waals surface area contributed by atoms with Gasteiger partial charge in [-0.3, -0.25) is 9.58 Å². The maximum absolute atomic E-state index is 12.1. The number of anilines is 1. The van der Waals surface area contributed by atoms with Gasteiger partial charge in [0.15, 0.2) is 0 Å². The average Bonchev–Trinajstić information content (AvgIpc) is 3.24. The molecule has 4 rings (SSSR count). The largest absolute Gasteiger partial charge is 0.376 e. The van der Waals surface area contributed by atoms with Crippen LogP contribution in [0.3, 0.4) is 0 Å². The third kappa shape index (κ3) is 2.91. The number of nitrogens with zero attached hydrogens (tertiary/aromatic N) is 4. The lowest BCUT2D eigenvalue weighted by Gasteiger charge is -2.39. The van der Waals surface area contributed by atoms with Crippen LogP contribution in [0.25, 0.3) is 0 Å². The molecule has 2 N–H and O–H groups in total. The fourth-order valence-electron chi connectivity index (χ4n) is 3.29. The number of amides is 4. The maximum Gasteiger partial charge on any atom is 0.322 e. The summed E-state index contributed by atoms with van der Waals surface area (Å²) in [5.74, 6) is 0. The van der Waals surface area contributed by atoms with Gasteiger partial charge in [0.2, 0.25) is 0 Å². The van der Waals surface area contributed by atoms with Crippen molar-refractivity contribution in [1.29, 1.82) is 0 Å². The highest BCUT2D eigenvalue weighted by molar-refractivity contribution is 5.93. The molecule has 4 amide bonds. The molecule has 1 atom stereocenters. The minimum atomic E-state index is -0.0849. The van der Waals surface area contributed by atoms with Crippen molar-refractivity contribution in [2.75, 3.05) is 44.2 Å². The first-order valence-corrected chi connectivity index (χ1v) is 8.44. The van der Waals surface area contributed by atoms with Crippen LogP contribution in [0.15, 0.2) is 12.4 Å². The highest BCUT2D eigenvalue weighted by Crippen LogP contribution is 2.24. The molecular weight excluding hydrogens is 312 g/mol. The summed E-state index contributed by atoms with van der Waals surface area (Å²) in [6.07, 6.45) is 5.82. The SMILES string of the molecule is O=C(NCC1CCCO1)N1CC(n2cc(N3CCNC3=O)cn2)C1. The van der Waals surface area contributed by atoms with E-state index in [2.05, 4.69) is 15.7 Å². The van der Waals surface area contributed by atoms with Gasteiger partial charge < -0.3 is 20.3 Å². The number of ether oxygens (including phenoxy) is 1. The summed E-state index contributed by atoms with van der Waals surface area (Å²) in [6.45, 7) is 3.95. The first-order valence-electron chi connectivity index (χ1n) is 8.44. The molecule has 0 spiro atoms. The number of hydrogen-bond donors (Lipinski definition) is 2. The van der Waals surface area contributed by atoms with Crippen LogP contribution in [0.2, 0.25) is 0 Å². The van der Waals surface area contributed by atoms with Gasteiger partial charge >= 0.3 is 12.1 Å². The molecule has 3 aliphatic rings. The fraction of sp³-hybridized carbons (Fsp3) is 0.667. The first kappa shape index (κ1) is 15.3. The quantitative estimate of drug-likeness (QED) is 0.820. The topological polar surface area (TPSA) is 91.7 Å². The zero-order valence-corrected chi connectivity index (χ0v) is 13.5. The van der Waals surface area contributed by atoms with Crippen molar-refractivity contribution in [3.8, 4) is 0 Å². The fourth-order valence-corrected chi connectivity index (χ4v) is 3.29. The van der Waals surface area contributed by atoms with Crippen molar-refractivity contribution in [1.82, 2.24) is 25.3 Å². The summed E-state index contributed by atoms with van der Waals surface area (Å²) < 4.78 is 7.34. The van der Waals surface area contributed by atoms with E-state index in [1.807, 2.05) is 10.9 Å². The third-order valence-electron chi connectivity index (χ3n) is 4.78. The molecule has 0 aliphatic carbocycles. The summed E-state index contributed by atoms with van der Waals surface area (Å²) in [4.78, 5) is 27.2. The van der Waals surface area contributed by atoms with Crippen molar-refractivity contribution < 1.29 is 14.3 Å². The van der Waals surface area contributed by atoms with E-state index in [0.717, 1.165) is 25.1 Å². The maximum atomic E-state index is 12.1. The van der Waals surface area contributed by atoms with Gasteiger partial charge in [0.1, 0.15) is 0 Å². The van der Waals surface area contributed by atoms with Gasteiger partial charge in [-0.2, -0.15) is 5.10 Å². The smallest absolute Gasteiger partial charge is 0.322 e. The van der Waals surface area contributed by atoms with Crippen LogP contribution < -0.4 is 15.5 Å². The van der Waals surface area contributed by atoms with E-state index < -0.39 is 0 Å². The molecule has 1 aromatic heterocycles. The van der Waals surface area contributed by atoms with E-state index in [1.54, 1.807) is 16.0 Å². The number of urea groups is 2. The molecule has 3 fully saturated rings. The number of hydrogen-bond acceptors (Lipinski definition) is 4. The Kier molecular flexibility index (Phi) is 4.01. The van der Waals surface area contributed by atoms with Crippen molar-refractivity contribution in [3.05, 3.63) is 12.4 Å². The standard InChI is InChI=1S/C15H22N6O3/c22-14(17-7-13-2-1-5-24-13)19-8-12(9-19)21-10-11(6-18-21)20-4-3-16-15(20)23/h6,10,12-13H,1-5,7-9H2,(H,16,23)(H,17,22). The Morgan fingerprint density at radius 2 is 2.33 bits per heavy atom. The van der Waals surface area contributed by atoms with Crippen LogP contribution in [-0.4, -0.2) is 72.2 Å². The Morgan fingerprint density at radius 1 is 1.46 bits per heavy atom. The zero-order valence-electron chi connectivity index (χ0n) is 13.5. The molecular formula is C15H22N6O3. The van der Waals surface area contributed by atoms with Crippen LogP contribution in [0.4, 0.5) is 15.3 Å². The third-order valence-corrected chi connectivity index (χ3v) is 4.78. The monoisotopic (exact) mass is 334 g/mol. The van der Waals surface area contributed by atoms with Crippen LogP contribution in [0.1, 0.15) is 18.9 Å². The predicted molar refractivity (Wildman–Crippen MR) is 86.0 cm³/mol. The van der Waals surface area contributed by atoms with E-state index in [0.29, 0.717) is 32.7 Å². The molecule has 3 aliphatic heterocycles. The van der Waals surface area contributed by atoms with Gasteiger partial charge in [-0.1, -0.05) is 0 Å². The Morgan fingerprint density at radius 3 is 3.04 bits per heavy atom. The lowest BCUT2D eigenvalue weighted by atomic mass is 10.1. The second kappa shape index (κ2) is 6.31. The summed E-state index contributed by atoms with van der Waals surface area (Å²) in [5, 5.41) is 10.0. The summed E-state index contributed by atoms with van der Waals surface area (Å²) in [7, 11) is 0. The molecule has 9 heteroatoms. The van der Waals surface area contributed by atoms with Gasteiger partial charge in [0.25, 0.3) is 0 Å². The average molecular weight is 334 g/mol. The predicted octanol–water partition coefficient (Wildman–Crippen LogP) is 0.158. The minimum absolute atomic E-state index is 0.0481. The van der Waals surface area contributed by atoms with Gasteiger partial charge in [0.05, 0.1) is 24.0 Å². The van der Waals surface area contributed by atoms with E-state index >= 15 is 0 Å². The molecule has 1 aromatic rings. The molecule has 0 radical (unpaired) electrons. The zero-order chi connectivity index (χ0) is 16.5. The Labute approximate surface area is 139 Å². The molecule has 9 nitrogen and oxygen atoms in total.